The number of anilines is 1. The fourth-order valence-electron chi connectivity index (χ4n) is 1.38. The van der Waals surface area contributed by atoms with Crippen LogP contribution < -0.4 is 11.1 Å². The number of aryl methyl sites for hydroxylation is 1. The first-order valence-corrected chi connectivity index (χ1v) is 6.59. The second-order valence-corrected chi connectivity index (χ2v) is 5.31. The molecular weight excluding hydrogens is 304 g/mol. The molecule has 17 heavy (non-hydrogen) atoms. The van der Waals surface area contributed by atoms with Gasteiger partial charge in [-0.15, -0.1) is 0 Å². The Labute approximate surface area is 115 Å². The number of carbonyl (C=O) groups excluding carboxylic acids is 1. The van der Waals surface area contributed by atoms with Crippen molar-refractivity contribution >= 4 is 39.1 Å². The van der Waals surface area contributed by atoms with Crippen molar-refractivity contribution in [3.8, 4) is 0 Å². The Morgan fingerprint density at radius 3 is 2.82 bits per heavy atom. The molecule has 0 radical (unpaired) electrons. The quantitative estimate of drug-likeness (QED) is 0.894. The molecule has 1 unspecified atom stereocenters. The van der Waals surface area contributed by atoms with E-state index in [1.165, 1.54) is 0 Å². The molecule has 0 saturated carbocycles. The minimum Gasteiger partial charge on any atom is -0.330 e. The Bertz CT molecular complexity index is 423. The number of benzene rings is 1. The van der Waals surface area contributed by atoms with Gasteiger partial charge in [0, 0.05) is 15.4 Å². The van der Waals surface area contributed by atoms with Gasteiger partial charge in [-0.1, -0.05) is 18.5 Å². The smallest absolute Gasteiger partial charge is 0.227 e. The molecule has 94 valence electrons. The minimum atomic E-state index is -0.105. The topological polar surface area (TPSA) is 55.1 Å². The summed E-state index contributed by atoms with van der Waals surface area (Å²) >= 11 is 9.42. The average molecular weight is 320 g/mol. The third-order valence-electron chi connectivity index (χ3n) is 2.55. The molecule has 0 heterocycles. The summed E-state index contributed by atoms with van der Waals surface area (Å²) in [4.78, 5) is 11.8. The monoisotopic (exact) mass is 318 g/mol. The summed E-state index contributed by atoms with van der Waals surface area (Å²) in [6.45, 7) is 4.27. The van der Waals surface area contributed by atoms with Crippen molar-refractivity contribution in [1.29, 1.82) is 0 Å². The van der Waals surface area contributed by atoms with Crippen molar-refractivity contribution in [2.45, 2.75) is 20.3 Å². The molecule has 3 N–H and O–H groups in total. The van der Waals surface area contributed by atoms with E-state index in [-0.39, 0.29) is 11.8 Å². The van der Waals surface area contributed by atoms with Crippen molar-refractivity contribution in [2.24, 2.45) is 11.7 Å². The molecular formula is C12H16BrClN2O. The molecule has 0 fully saturated rings. The van der Waals surface area contributed by atoms with E-state index in [0.29, 0.717) is 23.7 Å². The van der Waals surface area contributed by atoms with Crippen molar-refractivity contribution in [3.05, 3.63) is 27.2 Å². The van der Waals surface area contributed by atoms with E-state index >= 15 is 0 Å². The molecule has 1 rings (SSSR count). The van der Waals surface area contributed by atoms with Gasteiger partial charge in [0.15, 0.2) is 0 Å². The van der Waals surface area contributed by atoms with Gasteiger partial charge in [-0.25, -0.2) is 0 Å². The molecule has 0 aromatic heterocycles. The Balaban J connectivity index is 2.81. The Morgan fingerprint density at radius 2 is 2.24 bits per heavy atom. The number of nitrogens with one attached hydrogen (secondary N) is 1. The molecule has 1 aromatic carbocycles. The lowest BCUT2D eigenvalue weighted by Crippen LogP contribution is -2.22. The maximum atomic E-state index is 11.8. The summed E-state index contributed by atoms with van der Waals surface area (Å²) in [5.74, 6) is -0.150. The molecule has 5 heteroatoms. The zero-order valence-corrected chi connectivity index (χ0v) is 12.2. The molecule has 0 aliphatic carbocycles. The van der Waals surface area contributed by atoms with Gasteiger partial charge < -0.3 is 11.1 Å². The number of amides is 1. The summed E-state index contributed by atoms with van der Waals surface area (Å²) in [5.41, 5.74) is 7.08. The van der Waals surface area contributed by atoms with Gasteiger partial charge in [-0.2, -0.15) is 0 Å². The van der Waals surface area contributed by atoms with E-state index in [9.17, 15) is 4.79 Å². The minimum absolute atomic E-state index is 0.0453. The van der Waals surface area contributed by atoms with Crippen LogP contribution in [-0.2, 0) is 4.79 Å². The number of carbonyl (C=O) groups is 1. The fourth-order valence-corrected chi connectivity index (χ4v) is 2.10. The molecule has 1 amide bonds. The number of hydrogen-bond acceptors (Lipinski definition) is 2. The molecule has 1 aromatic rings. The summed E-state index contributed by atoms with van der Waals surface area (Å²) in [6.07, 6.45) is 0.670. The first-order valence-electron chi connectivity index (χ1n) is 5.42. The van der Waals surface area contributed by atoms with E-state index in [2.05, 4.69) is 21.2 Å². The second kappa shape index (κ2) is 6.38. The van der Waals surface area contributed by atoms with E-state index in [0.717, 1.165) is 10.0 Å². The lowest BCUT2D eigenvalue weighted by Gasteiger charge is -2.13. The van der Waals surface area contributed by atoms with E-state index in [1.807, 2.05) is 19.9 Å². The van der Waals surface area contributed by atoms with Gasteiger partial charge in [0.2, 0.25) is 5.91 Å². The first kappa shape index (κ1) is 14.5. The van der Waals surface area contributed by atoms with Crippen LogP contribution in [-0.4, -0.2) is 12.5 Å². The van der Waals surface area contributed by atoms with E-state index in [1.54, 1.807) is 6.07 Å². The van der Waals surface area contributed by atoms with Crippen LogP contribution in [0.5, 0.6) is 0 Å². The summed E-state index contributed by atoms with van der Waals surface area (Å²) < 4.78 is 0.827. The Hall–Kier alpha value is -0.580. The van der Waals surface area contributed by atoms with Gasteiger partial charge >= 0.3 is 0 Å². The van der Waals surface area contributed by atoms with Crippen LogP contribution in [0.4, 0.5) is 5.69 Å². The number of halogens is 2. The largest absolute Gasteiger partial charge is 0.330 e. The van der Waals surface area contributed by atoms with Crippen molar-refractivity contribution in [1.82, 2.24) is 0 Å². The van der Waals surface area contributed by atoms with Crippen LogP contribution in [0.25, 0.3) is 0 Å². The summed E-state index contributed by atoms with van der Waals surface area (Å²) in [6, 6.07) is 3.62. The van der Waals surface area contributed by atoms with E-state index < -0.39 is 0 Å². The molecule has 0 bridgehead atoms. The van der Waals surface area contributed by atoms with Crippen LogP contribution in [0.1, 0.15) is 18.9 Å². The van der Waals surface area contributed by atoms with Crippen LogP contribution in [0.2, 0.25) is 5.02 Å². The molecule has 1 atom stereocenters. The average Bonchev–Trinajstić information content (AvgIpc) is 2.26. The van der Waals surface area contributed by atoms with Crippen molar-refractivity contribution < 1.29 is 4.79 Å². The standard InChI is InChI=1S/C12H16BrClN2O/c1-7(3-4-15)12(17)16-11-6-10(14)8(2)5-9(11)13/h5-7H,3-4,15H2,1-2H3,(H,16,17). The molecule has 0 saturated heterocycles. The molecule has 3 nitrogen and oxygen atoms in total. The third kappa shape index (κ3) is 3.98. The van der Waals surface area contributed by atoms with Crippen molar-refractivity contribution in [2.75, 3.05) is 11.9 Å². The Kier molecular flexibility index (Phi) is 5.43. The summed E-state index contributed by atoms with van der Waals surface area (Å²) in [5, 5.41) is 3.47. The van der Waals surface area contributed by atoms with Crippen LogP contribution >= 0.6 is 27.5 Å². The van der Waals surface area contributed by atoms with Gasteiger partial charge in [0.05, 0.1) is 5.69 Å². The highest BCUT2D eigenvalue weighted by Gasteiger charge is 2.14. The van der Waals surface area contributed by atoms with Gasteiger partial charge in [0.25, 0.3) is 0 Å². The fraction of sp³-hybridized carbons (Fsp3) is 0.417. The summed E-state index contributed by atoms with van der Waals surface area (Å²) in [7, 11) is 0. The second-order valence-electron chi connectivity index (χ2n) is 4.05. The highest BCUT2D eigenvalue weighted by atomic mass is 79.9. The molecule has 0 spiro atoms. The molecule has 0 aliphatic rings. The predicted molar refractivity (Wildman–Crippen MR) is 75.4 cm³/mol. The van der Waals surface area contributed by atoms with Crippen LogP contribution in [0.15, 0.2) is 16.6 Å². The van der Waals surface area contributed by atoms with Crippen LogP contribution in [0, 0.1) is 12.8 Å². The van der Waals surface area contributed by atoms with Gasteiger partial charge in [0.1, 0.15) is 0 Å². The number of hydrogen-bond donors (Lipinski definition) is 2. The third-order valence-corrected chi connectivity index (χ3v) is 3.62. The number of nitrogens with two attached hydrogens (primary N) is 1. The Morgan fingerprint density at radius 1 is 1.59 bits per heavy atom. The van der Waals surface area contributed by atoms with Crippen LogP contribution in [0.3, 0.4) is 0 Å². The molecule has 0 aliphatic heterocycles. The predicted octanol–water partition coefficient (Wildman–Crippen LogP) is 3.33. The lowest BCUT2D eigenvalue weighted by atomic mass is 10.1. The van der Waals surface area contributed by atoms with Gasteiger partial charge in [-0.3, -0.25) is 4.79 Å². The lowest BCUT2D eigenvalue weighted by molar-refractivity contribution is -0.119. The van der Waals surface area contributed by atoms with E-state index in [4.69, 9.17) is 17.3 Å². The zero-order chi connectivity index (χ0) is 13.0. The first-order chi connectivity index (χ1) is 7.95. The number of rotatable bonds is 4. The SMILES string of the molecule is Cc1cc(Br)c(NC(=O)C(C)CCN)cc1Cl. The highest BCUT2D eigenvalue weighted by molar-refractivity contribution is 9.10. The zero-order valence-electron chi connectivity index (χ0n) is 9.89. The normalized spacial score (nSPS) is 12.3. The maximum absolute atomic E-state index is 11.8. The van der Waals surface area contributed by atoms with Crippen molar-refractivity contribution in [3.63, 3.8) is 0 Å². The maximum Gasteiger partial charge on any atom is 0.227 e. The highest BCUT2D eigenvalue weighted by Crippen LogP contribution is 2.29. The van der Waals surface area contributed by atoms with Gasteiger partial charge in [-0.05, 0) is 53.5 Å².